The summed E-state index contributed by atoms with van der Waals surface area (Å²) in [6, 6.07) is 0. The lowest BCUT2D eigenvalue weighted by molar-refractivity contribution is -0.134. The Morgan fingerprint density at radius 1 is 1.64 bits per heavy atom. The largest absolute Gasteiger partial charge is 0.481 e. The van der Waals surface area contributed by atoms with E-state index in [9.17, 15) is 0 Å². The summed E-state index contributed by atoms with van der Waals surface area (Å²) < 4.78 is 0. The van der Waals surface area contributed by atoms with Crippen molar-refractivity contribution >= 4 is 29.2 Å². The van der Waals surface area contributed by atoms with E-state index in [0.29, 0.717) is 5.03 Å². The SMILES string of the molecule is CC(=O)O.OCC=C(Cl)CCl. The Hall–Kier alpha value is -0.250. The molecule has 5 heteroatoms. The maximum atomic E-state index is 9.00. The molecule has 0 bridgehead atoms. The van der Waals surface area contributed by atoms with Crippen LogP contribution in [0.15, 0.2) is 11.1 Å². The zero-order valence-electron chi connectivity index (χ0n) is 6.05. The molecule has 0 amide bonds. The highest BCUT2D eigenvalue weighted by Crippen LogP contribution is 2.00. The molecule has 0 radical (unpaired) electrons. The van der Waals surface area contributed by atoms with Crippen molar-refractivity contribution in [3.63, 3.8) is 0 Å². The fourth-order valence-corrected chi connectivity index (χ4v) is 0.332. The van der Waals surface area contributed by atoms with Crippen molar-refractivity contribution < 1.29 is 15.0 Å². The number of carbonyl (C=O) groups is 1. The van der Waals surface area contributed by atoms with E-state index in [2.05, 4.69) is 0 Å². The molecule has 0 atom stereocenters. The number of carboxylic acids is 1. The number of aliphatic hydroxyl groups excluding tert-OH is 1. The summed E-state index contributed by atoms with van der Waals surface area (Å²) in [5.74, 6) is -0.553. The number of carboxylic acid groups (broad SMARTS) is 1. The number of allylic oxidation sites excluding steroid dienone is 1. The fourth-order valence-electron chi connectivity index (χ4n) is 0.154. The molecule has 0 rings (SSSR count). The van der Waals surface area contributed by atoms with Crippen LogP contribution in [0.25, 0.3) is 0 Å². The minimum absolute atomic E-state index is 0.0362. The first-order valence-electron chi connectivity index (χ1n) is 2.75. The minimum atomic E-state index is -0.833. The van der Waals surface area contributed by atoms with Gasteiger partial charge in [0.2, 0.25) is 0 Å². The predicted molar refractivity (Wildman–Crippen MR) is 45.1 cm³/mol. The Bertz CT molecular complexity index is 130. The molecular weight excluding hydrogens is 191 g/mol. The van der Waals surface area contributed by atoms with Crippen molar-refractivity contribution in [1.29, 1.82) is 0 Å². The second kappa shape index (κ2) is 9.75. The first kappa shape index (κ1) is 13.3. The Balaban J connectivity index is 0. The molecule has 11 heavy (non-hydrogen) atoms. The fraction of sp³-hybridized carbons (Fsp3) is 0.500. The quantitative estimate of drug-likeness (QED) is 0.664. The molecule has 2 N–H and O–H groups in total. The lowest BCUT2D eigenvalue weighted by Crippen LogP contribution is -1.78. The Labute approximate surface area is 75.2 Å². The Morgan fingerprint density at radius 3 is 2.09 bits per heavy atom. The van der Waals surface area contributed by atoms with Gasteiger partial charge in [-0.25, -0.2) is 0 Å². The van der Waals surface area contributed by atoms with Gasteiger partial charge in [-0.1, -0.05) is 11.6 Å². The second-order valence-corrected chi connectivity index (χ2v) is 2.24. The summed E-state index contributed by atoms with van der Waals surface area (Å²) in [6.07, 6.45) is 1.45. The molecule has 0 spiro atoms. The van der Waals surface area contributed by atoms with E-state index in [1.807, 2.05) is 0 Å². The number of hydrogen-bond acceptors (Lipinski definition) is 2. The topological polar surface area (TPSA) is 57.5 Å². The molecule has 0 aromatic heterocycles. The minimum Gasteiger partial charge on any atom is -0.481 e. The van der Waals surface area contributed by atoms with Crippen molar-refractivity contribution in [2.24, 2.45) is 0 Å². The highest BCUT2D eigenvalue weighted by Gasteiger charge is 1.82. The number of aliphatic carboxylic acids is 1. The third-order valence-electron chi connectivity index (χ3n) is 0.440. The first-order valence-corrected chi connectivity index (χ1v) is 3.66. The lowest BCUT2D eigenvalue weighted by atomic mass is 10.5. The van der Waals surface area contributed by atoms with Crippen LogP contribution in [-0.2, 0) is 4.79 Å². The Kier molecular flexibility index (Phi) is 11.8. The van der Waals surface area contributed by atoms with Gasteiger partial charge in [-0.15, -0.1) is 11.6 Å². The molecule has 0 saturated heterocycles. The number of alkyl halides is 1. The van der Waals surface area contributed by atoms with Gasteiger partial charge in [0.05, 0.1) is 12.5 Å². The van der Waals surface area contributed by atoms with Crippen molar-refractivity contribution in [2.75, 3.05) is 12.5 Å². The molecule has 3 nitrogen and oxygen atoms in total. The average Bonchev–Trinajstić information content (AvgIpc) is 1.87. The third kappa shape index (κ3) is 26.0. The highest BCUT2D eigenvalue weighted by molar-refractivity contribution is 6.35. The molecule has 66 valence electrons. The van der Waals surface area contributed by atoms with Gasteiger partial charge < -0.3 is 10.2 Å². The molecule has 0 unspecified atom stereocenters. The van der Waals surface area contributed by atoms with Crippen molar-refractivity contribution in [1.82, 2.24) is 0 Å². The van der Waals surface area contributed by atoms with E-state index in [1.54, 1.807) is 0 Å². The summed E-state index contributed by atoms with van der Waals surface area (Å²) >= 11 is 10.6. The normalized spacial score (nSPS) is 10.0. The van der Waals surface area contributed by atoms with Crippen LogP contribution < -0.4 is 0 Å². The van der Waals surface area contributed by atoms with Gasteiger partial charge in [-0.05, 0) is 6.08 Å². The van der Waals surface area contributed by atoms with Crippen LogP contribution in [0.5, 0.6) is 0 Å². The van der Waals surface area contributed by atoms with Crippen LogP contribution in [0.4, 0.5) is 0 Å². The Morgan fingerprint density at radius 2 is 2.00 bits per heavy atom. The van der Waals surface area contributed by atoms with Gasteiger partial charge in [0.1, 0.15) is 0 Å². The standard InChI is InChI=1S/C4H6Cl2O.C2H4O2/c5-3-4(6)1-2-7;1-2(3)4/h1,7H,2-3H2;1H3,(H,3,4). The van der Waals surface area contributed by atoms with Crippen LogP contribution in [0.2, 0.25) is 0 Å². The second-order valence-electron chi connectivity index (χ2n) is 1.49. The van der Waals surface area contributed by atoms with Crippen LogP contribution >= 0.6 is 23.2 Å². The van der Waals surface area contributed by atoms with E-state index in [0.717, 1.165) is 6.92 Å². The van der Waals surface area contributed by atoms with Gasteiger partial charge in [-0.3, -0.25) is 4.79 Å². The smallest absolute Gasteiger partial charge is 0.300 e. The van der Waals surface area contributed by atoms with Gasteiger partial charge in [0.25, 0.3) is 5.97 Å². The summed E-state index contributed by atoms with van der Waals surface area (Å²) in [5, 5.41) is 16.1. The molecule has 0 heterocycles. The van der Waals surface area contributed by atoms with Crippen molar-refractivity contribution in [3.05, 3.63) is 11.1 Å². The summed E-state index contributed by atoms with van der Waals surface area (Å²) in [5.41, 5.74) is 0. The summed E-state index contributed by atoms with van der Waals surface area (Å²) in [6.45, 7) is 1.05. The molecule has 0 aliphatic heterocycles. The van der Waals surface area contributed by atoms with E-state index in [4.69, 9.17) is 38.2 Å². The molecular formula is C6H10Cl2O3. The lowest BCUT2D eigenvalue weighted by Gasteiger charge is -1.83. The van der Waals surface area contributed by atoms with Gasteiger partial charge in [0, 0.05) is 12.0 Å². The molecule has 0 aliphatic carbocycles. The zero-order chi connectivity index (χ0) is 9.28. The van der Waals surface area contributed by atoms with Gasteiger partial charge >= 0.3 is 0 Å². The number of rotatable bonds is 2. The zero-order valence-corrected chi connectivity index (χ0v) is 7.56. The van der Waals surface area contributed by atoms with E-state index in [-0.39, 0.29) is 12.5 Å². The van der Waals surface area contributed by atoms with Crippen LogP contribution in [0.3, 0.4) is 0 Å². The van der Waals surface area contributed by atoms with Crippen molar-refractivity contribution in [2.45, 2.75) is 6.92 Å². The van der Waals surface area contributed by atoms with E-state index < -0.39 is 5.97 Å². The van der Waals surface area contributed by atoms with Crippen LogP contribution in [-0.4, -0.2) is 28.7 Å². The van der Waals surface area contributed by atoms with Crippen molar-refractivity contribution in [3.8, 4) is 0 Å². The van der Waals surface area contributed by atoms with Gasteiger partial charge in [-0.2, -0.15) is 0 Å². The maximum Gasteiger partial charge on any atom is 0.300 e. The molecule has 0 fully saturated rings. The predicted octanol–water partition coefficient (Wildman–Crippen LogP) is 1.43. The number of halogens is 2. The summed E-state index contributed by atoms with van der Waals surface area (Å²) in [4.78, 5) is 9.00. The third-order valence-corrected chi connectivity index (χ3v) is 1.15. The average molecular weight is 201 g/mol. The van der Waals surface area contributed by atoms with Crippen LogP contribution in [0.1, 0.15) is 6.92 Å². The molecule has 0 aliphatic rings. The molecule has 0 aromatic rings. The van der Waals surface area contributed by atoms with E-state index in [1.165, 1.54) is 6.08 Å². The van der Waals surface area contributed by atoms with Gasteiger partial charge in [0.15, 0.2) is 0 Å². The monoisotopic (exact) mass is 200 g/mol. The van der Waals surface area contributed by atoms with Crippen LogP contribution in [0, 0.1) is 0 Å². The summed E-state index contributed by atoms with van der Waals surface area (Å²) in [7, 11) is 0. The van der Waals surface area contributed by atoms with E-state index >= 15 is 0 Å². The number of hydrogen-bond donors (Lipinski definition) is 2. The molecule has 0 saturated carbocycles. The number of aliphatic hydroxyl groups is 1. The maximum absolute atomic E-state index is 9.00. The first-order chi connectivity index (χ1) is 5.04. The molecule has 0 aromatic carbocycles. The highest BCUT2D eigenvalue weighted by atomic mass is 35.5.